The van der Waals surface area contributed by atoms with Crippen molar-refractivity contribution in [1.82, 2.24) is 15.5 Å². The van der Waals surface area contributed by atoms with Gasteiger partial charge < -0.3 is 29.9 Å². The van der Waals surface area contributed by atoms with Crippen molar-refractivity contribution in [2.24, 2.45) is 4.99 Å². The van der Waals surface area contributed by atoms with Gasteiger partial charge in [-0.3, -0.25) is 4.99 Å². The van der Waals surface area contributed by atoms with E-state index in [-0.39, 0.29) is 17.3 Å². The summed E-state index contributed by atoms with van der Waals surface area (Å²) in [5, 5.41) is 6.96. The van der Waals surface area contributed by atoms with Gasteiger partial charge in [-0.25, -0.2) is 0 Å². The summed E-state index contributed by atoms with van der Waals surface area (Å²) < 4.78 is 35.7. The molecule has 2 fully saturated rings. The van der Waals surface area contributed by atoms with Crippen LogP contribution in [0, 0.1) is 0 Å². The largest absolute Gasteiger partial charge is 0.433 e. The zero-order chi connectivity index (χ0) is 21.6. The summed E-state index contributed by atoms with van der Waals surface area (Å²) in [6.45, 7) is 0.936. The highest BCUT2D eigenvalue weighted by molar-refractivity contribution is 5.80. The van der Waals surface area contributed by atoms with E-state index in [1.807, 2.05) is 12.1 Å². The molecule has 0 amide bonds. The van der Waals surface area contributed by atoms with E-state index in [0.29, 0.717) is 12.2 Å². The summed E-state index contributed by atoms with van der Waals surface area (Å²) in [5.41, 5.74) is 0.738. The number of ether oxygens (including phenoxy) is 2. The SMILES string of the molecule is CN=C(NCC1(N(C)C)CCOCC1)NC1CCN(c2ccccc2OC(F)F)C1. The van der Waals surface area contributed by atoms with Gasteiger partial charge >= 0.3 is 6.61 Å². The van der Waals surface area contributed by atoms with Gasteiger partial charge in [0.05, 0.1) is 5.69 Å². The van der Waals surface area contributed by atoms with Gasteiger partial charge in [0, 0.05) is 51.5 Å². The Labute approximate surface area is 177 Å². The average molecular weight is 426 g/mol. The Balaban J connectivity index is 1.56. The summed E-state index contributed by atoms with van der Waals surface area (Å²) in [6, 6.07) is 7.11. The zero-order valence-corrected chi connectivity index (χ0v) is 18.0. The Kier molecular flexibility index (Phi) is 7.71. The number of halogens is 2. The van der Waals surface area contributed by atoms with Crippen LogP contribution in [0.1, 0.15) is 19.3 Å². The van der Waals surface area contributed by atoms with Gasteiger partial charge in [0.25, 0.3) is 0 Å². The van der Waals surface area contributed by atoms with Crippen molar-refractivity contribution in [2.75, 3.05) is 58.9 Å². The Bertz CT molecular complexity index is 710. The number of hydrogen-bond donors (Lipinski definition) is 2. The number of anilines is 1. The fourth-order valence-electron chi connectivity index (χ4n) is 4.18. The molecule has 7 nitrogen and oxygen atoms in total. The molecule has 1 aromatic carbocycles. The van der Waals surface area contributed by atoms with E-state index in [2.05, 4.69) is 44.3 Å². The second kappa shape index (κ2) is 10.3. The first-order chi connectivity index (χ1) is 14.4. The van der Waals surface area contributed by atoms with Gasteiger partial charge in [-0.15, -0.1) is 0 Å². The van der Waals surface area contributed by atoms with Crippen LogP contribution >= 0.6 is 0 Å². The third-order valence-electron chi connectivity index (χ3n) is 6.13. The van der Waals surface area contributed by atoms with E-state index in [1.165, 1.54) is 0 Å². The highest BCUT2D eigenvalue weighted by Crippen LogP contribution is 2.32. The number of nitrogens with one attached hydrogen (secondary N) is 2. The Morgan fingerprint density at radius 1 is 1.33 bits per heavy atom. The maximum absolute atomic E-state index is 12.7. The molecule has 1 atom stereocenters. The van der Waals surface area contributed by atoms with Crippen molar-refractivity contribution in [3.05, 3.63) is 24.3 Å². The molecular formula is C21H33F2N5O2. The number of likely N-dealkylation sites (N-methyl/N-ethyl adjacent to an activating group) is 1. The van der Waals surface area contributed by atoms with Crippen LogP contribution in [0.2, 0.25) is 0 Å². The number of para-hydroxylation sites is 2. The molecule has 3 rings (SSSR count). The van der Waals surface area contributed by atoms with Crippen LogP contribution in [0.3, 0.4) is 0 Å². The average Bonchev–Trinajstić information content (AvgIpc) is 3.20. The quantitative estimate of drug-likeness (QED) is 0.516. The number of aliphatic imine (C=N–C) groups is 1. The first-order valence-electron chi connectivity index (χ1n) is 10.4. The number of alkyl halides is 2. The van der Waals surface area contributed by atoms with Crippen molar-refractivity contribution in [1.29, 1.82) is 0 Å². The fourth-order valence-corrected chi connectivity index (χ4v) is 4.18. The van der Waals surface area contributed by atoms with Gasteiger partial charge in [0.15, 0.2) is 5.96 Å². The molecule has 2 heterocycles. The summed E-state index contributed by atoms with van der Waals surface area (Å²) in [6.07, 6.45) is 2.83. The van der Waals surface area contributed by atoms with E-state index in [1.54, 1.807) is 19.2 Å². The molecule has 9 heteroatoms. The molecule has 2 saturated heterocycles. The van der Waals surface area contributed by atoms with Crippen LogP contribution in [-0.2, 0) is 4.74 Å². The summed E-state index contributed by atoms with van der Waals surface area (Å²) in [7, 11) is 5.98. The first-order valence-corrected chi connectivity index (χ1v) is 10.4. The maximum atomic E-state index is 12.7. The van der Waals surface area contributed by atoms with Crippen molar-refractivity contribution < 1.29 is 18.3 Å². The molecule has 0 aliphatic carbocycles. The third-order valence-corrected chi connectivity index (χ3v) is 6.13. The minimum Gasteiger partial charge on any atom is -0.433 e. The lowest BCUT2D eigenvalue weighted by Gasteiger charge is -2.43. The van der Waals surface area contributed by atoms with E-state index >= 15 is 0 Å². The van der Waals surface area contributed by atoms with Gasteiger partial charge in [0.2, 0.25) is 0 Å². The monoisotopic (exact) mass is 425 g/mol. The summed E-state index contributed by atoms with van der Waals surface area (Å²) in [4.78, 5) is 8.73. The molecule has 30 heavy (non-hydrogen) atoms. The highest BCUT2D eigenvalue weighted by atomic mass is 19.3. The molecule has 2 N–H and O–H groups in total. The molecule has 1 aromatic rings. The zero-order valence-electron chi connectivity index (χ0n) is 18.0. The molecule has 2 aliphatic rings. The predicted molar refractivity (Wildman–Crippen MR) is 115 cm³/mol. The van der Waals surface area contributed by atoms with E-state index < -0.39 is 6.61 Å². The fraction of sp³-hybridized carbons (Fsp3) is 0.667. The van der Waals surface area contributed by atoms with Gasteiger partial charge in [0.1, 0.15) is 5.75 Å². The normalized spacial score (nSPS) is 21.9. The molecule has 1 unspecified atom stereocenters. The lowest BCUT2D eigenvalue weighted by atomic mass is 9.88. The number of guanidine groups is 1. The van der Waals surface area contributed by atoms with Crippen LogP contribution < -0.4 is 20.3 Å². The number of hydrogen-bond acceptors (Lipinski definition) is 5. The Morgan fingerprint density at radius 2 is 2.07 bits per heavy atom. The predicted octanol–water partition coefficient (Wildman–Crippen LogP) is 2.14. The van der Waals surface area contributed by atoms with Crippen molar-refractivity contribution in [3.63, 3.8) is 0 Å². The lowest BCUT2D eigenvalue weighted by molar-refractivity contribution is -0.0495. The van der Waals surface area contributed by atoms with Crippen LogP contribution in [0.4, 0.5) is 14.5 Å². The standard InChI is InChI=1S/C21H33F2N5O2/c1-24-20(25-15-21(27(2)3)9-12-29-13-10-21)26-16-8-11-28(14-16)17-6-4-5-7-18(17)30-19(22)23/h4-7,16,19H,8-15H2,1-3H3,(H2,24,25,26). The van der Waals surface area contributed by atoms with Gasteiger partial charge in [-0.1, -0.05) is 12.1 Å². The molecule has 0 saturated carbocycles. The van der Waals surface area contributed by atoms with Crippen molar-refractivity contribution in [3.8, 4) is 5.75 Å². The van der Waals surface area contributed by atoms with Crippen LogP contribution in [0.5, 0.6) is 5.75 Å². The molecule has 0 radical (unpaired) electrons. The minimum absolute atomic E-state index is 0.0448. The molecule has 0 bridgehead atoms. The topological polar surface area (TPSA) is 61.4 Å². The minimum atomic E-state index is -2.83. The van der Waals surface area contributed by atoms with Crippen LogP contribution in [-0.4, -0.2) is 83.0 Å². The van der Waals surface area contributed by atoms with Gasteiger partial charge in [-0.05, 0) is 45.5 Å². The molecule has 0 spiro atoms. The number of nitrogens with zero attached hydrogens (tertiary/aromatic N) is 3. The maximum Gasteiger partial charge on any atom is 0.387 e. The van der Waals surface area contributed by atoms with Crippen molar-refractivity contribution >= 4 is 11.6 Å². The molecular weight excluding hydrogens is 392 g/mol. The molecule has 168 valence electrons. The Hall–Kier alpha value is -2.13. The smallest absolute Gasteiger partial charge is 0.387 e. The number of benzene rings is 1. The van der Waals surface area contributed by atoms with Gasteiger partial charge in [-0.2, -0.15) is 8.78 Å². The summed E-state index contributed by atoms with van der Waals surface area (Å²) in [5.74, 6) is 0.967. The second-order valence-electron chi connectivity index (χ2n) is 8.08. The second-order valence-corrected chi connectivity index (χ2v) is 8.08. The lowest BCUT2D eigenvalue weighted by Crippen LogP contribution is -2.57. The third kappa shape index (κ3) is 5.51. The Morgan fingerprint density at radius 3 is 2.73 bits per heavy atom. The van der Waals surface area contributed by atoms with Crippen LogP contribution in [0.25, 0.3) is 0 Å². The summed E-state index contributed by atoms with van der Waals surface area (Å²) >= 11 is 0. The highest BCUT2D eigenvalue weighted by Gasteiger charge is 2.35. The van der Waals surface area contributed by atoms with E-state index in [4.69, 9.17) is 4.74 Å². The number of rotatable bonds is 7. The van der Waals surface area contributed by atoms with E-state index in [9.17, 15) is 8.78 Å². The van der Waals surface area contributed by atoms with E-state index in [0.717, 1.165) is 51.5 Å². The molecule has 0 aromatic heterocycles. The van der Waals surface area contributed by atoms with Crippen molar-refractivity contribution in [2.45, 2.75) is 37.5 Å². The van der Waals surface area contributed by atoms with Crippen LogP contribution in [0.15, 0.2) is 29.3 Å². The first kappa shape index (κ1) is 22.6. The molecule has 2 aliphatic heterocycles.